The van der Waals surface area contributed by atoms with E-state index in [9.17, 15) is 21.6 Å². The summed E-state index contributed by atoms with van der Waals surface area (Å²) in [6.07, 6.45) is -5.66. The van der Waals surface area contributed by atoms with Crippen LogP contribution < -0.4 is 10.5 Å². The highest BCUT2D eigenvalue weighted by Crippen LogP contribution is 2.22. The molecule has 1 unspecified atom stereocenters. The number of rotatable bonds is 6. The van der Waals surface area contributed by atoms with Crippen LogP contribution >= 0.6 is 12.2 Å². The number of benzene rings is 1. The fourth-order valence-corrected chi connectivity index (χ4v) is 3.47. The van der Waals surface area contributed by atoms with Crippen LogP contribution in [0.5, 0.6) is 0 Å². The second-order valence-corrected chi connectivity index (χ2v) is 6.81. The maximum absolute atomic E-state index is 12.2. The summed E-state index contributed by atoms with van der Waals surface area (Å²) in [6.45, 7) is 1.16. The first-order valence-corrected chi connectivity index (χ1v) is 8.01. The Morgan fingerprint density at radius 3 is 2.48 bits per heavy atom. The largest absolute Gasteiger partial charge is 0.390 e. The third kappa shape index (κ3) is 6.40. The zero-order valence-electron chi connectivity index (χ0n) is 11.1. The summed E-state index contributed by atoms with van der Waals surface area (Å²) < 4.78 is 62.4. The molecule has 0 saturated carbocycles. The van der Waals surface area contributed by atoms with Gasteiger partial charge in [-0.3, -0.25) is 0 Å². The molecule has 0 amide bonds. The molecule has 0 spiro atoms. The van der Waals surface area contributed by atoms with Gasteiger partial charge in [-0.15, -0.1) is 0 Å². The molecule has 1 rings (SSSR count). The molecule has 0 heterocycles. The molecule has 118 valence electrons. The fourth-order valence-electron chi connectivity index (χ4n) is 1.83. The minimum absolute atomic E-state index is 0.0316. The lowest BCUT2D eigenvalue weighted by atomic mass is 10.1. The molecule has 0 bridgehead atoms. The molecule has 1 aromatic carbocycles. The minimum Gasteiger partial charge on any atom is -0.389 e. The summed E-state index contributed by atoms with van der Waals surface area (Å²) in [7, 11) is -3.93. The smallest absolute Gasteiger partial charge is 0.389 e. The van der Waals surface area contributed by atoms with Gasteiger partial charge >= 0.3 is 6.18 Å². The molecule has 0 aliphatic rings. The molecule has 3 N–H and O–H groups in total. The van der Waals surface area contributed by atoms with Crippen LogP contribution in [0.2, 0.25) is 0 Å². The lowest BCUT2D eigenvalue weighted by molar-refractivity contribution is -0.137. The van der Waals surface area contributed by atoms with Crippen LogP contribution in [0.4, 0.5) is 13.2 Å². The van der Waals surface area contributed by atoms with Crippen LogP contribution in [0.3, 0.4) is 0 Å². The maximum atomic E-state index is 12.2. The Kier molecular flexibility index (Phi) is 5.71. The lowest BCUT2D eigenvalue weighted by Gasteiger charge is -2.16. The first-order valence-electron chi connectivity index (χ1n) is 5.94. The van der Waals surface area contributed by atoms with Crippen molar-refractivity contribution in [2.75, 3.05) is 0 Å². The van der Waals surface area contributed by atoms with Crippen molar-refractivity contribution in [2.24, 2.45) is 5.73 Å². The number of hydrogen-bond donors (Lipinski definition) is 2. The van der Waals surface area contributed by atoms with E-state index in [1.54, 1.807) is 18.2 Å². The van der Waals surface area contributed by atoms with Crippen molar-refractivity contribution in [3.8, 4) is 0 Å². The Hall–Kier alpha value is -1.19. The van der Waals surface area contributed by atoms with Gasteiger partial charge in [-0.05, 0) is 12.5 Å². The molecule has 0 radical (unpaired) electrons. The monoisotopic (exact) mass is 340 g/mol. The first-order chi connectivity index (χ1) is 9.50. The predicted octanol–water partition coefficient (Wildman–Crippen LogP) is 2.08. The normalized spacial score (nSPS) is 13.9. The number of halogens is 3. The number of nitrogens with one attached hydrogen (secondary N) is 1. The topological polar surface area (TPSA) is 72.2 Å². The molecule has 9 heteroatoms. The molecular formula is C12H15F3N2O2S2. The van der Waals surface area contributed by atoms with Crippen LogP contribution in [0.25, 0.3) is 0 Å². The van der Waals surface area contributed by atoms with E-state index in [0.717, 1.165) is 6.92 Å². The van der Waals surface area contributed by atoms with Crippen LogP contribution in [0.15, 0.2) is 24.3 Å². The van der Waals surface area contributed by atoms with Gasteiger partial charge < -0.3 is 5.73 Å². The van der Waals surface area contributed by atoms with Gasteiger partial charge in [-0.25, -0.2) is 13.1 Å². The summed E-state index contributed by atoms with van der Waals surface area (Å²) in [5, 5.41) is 0. The van der Waals surface area contributed by atoms with E-state index in [0.29, 0.717) is 11.1 Å². The highest BCUT2D eigenvalue weighted by molar-refractivity contribution is 7.88. The van der Waals surface area contributed by atoms with Crippen molar-refractivity contribution < 1.29 is 21.6 Å². The van der Waals surface area contributed by atoms with Crippen LogP contribution in [-0.2, 0) is 15.8 Å². The van der Waals surface area contributed by atoms with Crippen LogP contribution in [-0.4, -0.2) is 25.6 Å². The Morgan fingerprint density at radius 2 is 1.95 bits per heavy atom. The molecule has 0 aliphatic heterocycles. The van der Waals surface area contributed by atoms with Gasteiger partial charge in [0.2, 0.25) is 10.0 Å². The number of nitrogens with two attached hydrogens (primary N) is 1. The van der Waals surface area contributed by atoms with Gasteiger partial charge in [-0.2, -0.15) is 13.2 Å². The number of hydrogen-bond acceptors (Lipinski definition) is 3. The Balaban J connectivity index is 2.84. The maximum Gasteiger partial charge on any atom is 0.390 e. The zero-order chi connectivity index (χ0) is 16.3. The van der Waals surface area contributed by atoms with Crippen molar-refractivity contribution in [3.05, 3.63) is 35.4 Å². The standard InChI is InChI=1S/C12H15F3N2O2S2/c1-8(6-12(13,14)15)17-21(18,19)7-9-4-2-3-5-10(9)11(16)20/h2-5,8,17H,6-7H2,1H3,(H2,16,20). The van der Waals surface area contributed by atoms with E-state index < -0.39 is 34.4 Å². The molecule has 0 fully saturated rings. The first kappa shape index (κ1) is 17.9. The molecule has 0 aliphatic carbocycles. The van der Waals surface area contributed by atoms with Crippen LogP contribution in [0, 0.1) is 0 Å². The van der Waals surface area contributed by atoms with E-state index in [1.807, 2.05) is 4.72 Å². The summed E-state index contributed by atoms with van der Waals surface area (Å²) >= 11 is 4.81. The SMILES string of the molecule is CC(CC(F)(F)F)NS(=O)(=O)Cc1ccccc1C(N)=S. The van der Waals surface area contributed by atoms with Crippen LogP contribution in [0.1, 0.15) is 24.5 Å². The molecule has 1 aromatic rings. The summed E-state index contributed by atoms with van der Waals surface area (Å²) in [5.41, 5.74) is 6.22. The highest BCUT2D eigenvalue weighted by atomic mass is 32.2. The molecule has 4 nitrogen and oxygen atoms in total. The van der Waals surface area contributed by atoms with Gasteiger partial charge in [-0.1, -0.05) is 36.5 Å². The average Bonchev–Trinajstić information content (AvgIpc) is 2.24. The number of thiocarbonyl (C=S) groups is 1. The van der Waals surface area contributed by atoms with Gasteiger partial charge in [0.15, 0.2) is 0 Å². The second-order valence-electron chi connectivity index (χ2n) is 4.62. The molecule has 21 heavy (non-hydrogen) atoms. The summed E-state index contributed by atoms with van der Waals surface area (Å²) in [6, 6.07) is 5.08. The Labute approximate surface area is 126 Å². The van der Waals surface area contributed by atoms with Crippen molar-refractivity contribution >= 4 is 27.2 Å². The molecule has 1 atom stereocenters. The van der Waals surface area contributed by atoms with E-state index in [-0.39, 0.29) is 4.99 Å². The fraction of sp³-hybridized carbons (Fsp3) is 0.417. The van der Waals surface area contributed by atoms with E-state index in [1.165, 1.54) is 6.07 Å². The van der Waals surface area contributed by atoms with Gasteiger partial charge in [0.1, 0.15) is 4.99 Å². The van der Waals surface area contributed by atoms with E-state index >= 15 is 0 Å². The molecule has 0 saturated heterocycles. The lowest BCUT2D eigenvalue weighted by Crippen LogP contribution is -2.36. The van der Waals surface area contributed by atoms with Crippen molar-refractivity contribution in [3.63, 3.8) is 0 Å². The molecule has 0 aromatic heterocycles. The van der Waals surface area contributed by atoms with Gasteiger partial charge in [0.05, 0.1) is 12.2 Å². The van der Waals surface area contributed by atoms with E-state index in [2.05, 4.69) is 0 Å². The zero-order valence-corrected chi connectivity index (χ0v) is 12.8. The third-order valence-corrected chi connectivity index (χ3v) is 4.22. The Bertz CT molecular complexity index is 615. The van der Waals surface area contributed by atoms with Crippen molar-refractivity contribution in [2.45, 2.75) is 31.3 Å². The summed E-state index contributed by atoms with van der Waals surface area (Å²) in [4.78, 5) is 0.0316. The van der Waals surface area contributed by atoms with Crippen molar-refractivity contribution in [1.82, 2.24) is 4.72 Å². The predicted molar refractivity (Wildman–Crippen MR) is 78.2 cm³/mol. The third-order valence-electron chi connectivity index (χ3n) is 2.55. The highest BCUT2D eigenvalue weighted by Gasteiger charge is 2.31. The number of sulfonamides is 1. The van der Waals surface area contributed by atoms with Gasteiger partial charge in [0, 0.05) is 11.6 Å². The summed E-state index contributed by atoms with van der Waals surface area (Å²) in [5.74, 6) is -0.483. The van der Waals surface area contributed by atoms with Gasteiger partial charge in [0.25, 0.3) is 0 Å². The minimum atomic E-state index is -4.43. The quantitative estimate of drug-likeness (QED) is 0.778. The van der Waals surface area contributed by atoms with E-state index in [4.69, 9.17) is 18.0 Å². The van der Waals surface area contributed by atoms with Crippen molar-refractivity contribution in [1.29, 1.82) is 0 Å². The second kappa shape index (κ2) is 6.71. The average molecular weight is 340 g/mol. The Morgan fingerprint density at radius 1 is 1.38 bits per heavy atom. The molecular weight excluding hydrogens is 325 g/mol. The number of alkyl halides is 3.